The number of ether oxygens (including phenoxy) is 1. The summed E-state index contributed by atoms with van der Waals surface area (Å²) in [7, 11) is -3.38. The lowest BCUT2D eigenvalue weighted by atomic mass is 10.0. The van der Waals surface area contributed by atoms with Crippen LogP contribution in [0.15, 0.2) is 29.2 Å². The first kappa shape index (κ1) is 17.4. The van der Waals surface area contributed by atoms with Gasteiger partial charge in [0.1, 0.15) is 0 Å². The Morgan fingerprint density at radius 3 is 2.55 bits per heavy atom. The lowest BCUT2D eigenvalue weighted by Gasteiger charge is -2.31. The van der Waals surface area contributed by atoms with Crippen LogP contribution in [0.4, 0.5) is 0 Å². The number of hydrogen-bond acceptors (Lipinski definition) is 3. The van der Waals surface area contributed by atoms with Gasteiger partial charge in [0.05, 0.1) is 11.5 Å². The van der Waals surface area contributed by atoms with E-state index in [4.69, 9.17) is 4.74 Å². The lowest BCUT2D eigenvalue weighted by molar-refractivity contribution is 0.0864. The van der Waals surface area contributed by atoms with Crippen LogP contribution < -0.4 is 0 Å². The van der Waals surface area contributed by atoms with Gasteiger partial charge in [-0.25, -0.2) is 8.42 Å². The standard InChI is InChI=1S/C17H27NO3S/c1-4-21-13-15-6-5-11-18(12-15)22(19,20)17-9-7-16(8-10-17)14(2)3/h7-10,14-15H,4-6,11-13H2,1-3H3. The van der Waals surface area contributed by atoms with Crippen LogP contribution in [-0.2, 0) is 14.8 Å². The Bertz CT molecular complexity index is 566. The fraction of sp³-hybridized carbons (Fsp3) is 0.647. The summed E-state index contributed by atoms with van der Waals surface area (Å²) in [5.41, 5.74) is 1.16. The van der Waals surface area contributed by atoms with Crippen molar-refractivity contribution in [1.29, 1.82) is 0 Å². The minimum Gasteiger partial charge on any atom is -0.381 e. The van der Waals surface area contributed by atoms with E-state index in [1.807, 2.05) is 19.1 Å². The summed E-state index contributed by atoms with van der Waals surface area (Å²) >= 11 is 0. The number of benzene rings is 1. The highest BCUT2D eigenvalue weighted by molar-refractivity contribution is 7.89. The summed E-state index contributed by atoms with van der Waals surface area (Å²) < 4.78 is 32.6. The number of rotatable bonds is 6. The molecule has 0 aliphatic carbocycles. The number of sulfonamides is 1. The molecule has 1 unspecified atom stereocenters. The molecule has 0 radical (unpaired) electrons. The smallest absolute Gasteiger partial charge is 0.243 e. The average Bonchev–Trinajstić information content (AvgIpc) is 2.53. The predicted octanol–water partition coefficient (Wildman–Crippen LogP) is 3.25. The van der Waals surface area contributed by atoms with Gasteiger partial charge in [-0.1, -0.05) is 26.0 Å². The topological polar surface area (TPSA) is 46.6 Å². The maximum atomic E-state index is 12.8. The molecule has 1 aromatic rings. The monoisotopic (exact) mass is 325 g/mol. The third kappa shape index (κ3) is 4.09. The van der Waals surface area contributed by atoms with E-state index >= 15 is 0 Å². The summed E-state index contributed by atoms with van der Waals surface area (Å²) in [5, 5.41) is 0. The predicted molar refractivity (Wildman–Crippen MR) is 88.5 cm³/mol. The lowest BCUT2D eigenvalue weighted by Crippen LogP contribution is -2.41. The highest BCUT2D eigenvalue weighted by Gasteiger charge is 2.30. The first-order valence-corrected chi connectivity index (χ1v) is 9.57. The molecule has 22 heavy (non-hydrogen) atoms. The normalized spacial score (nSPS) is 20.5. The molecule has 5 heteroatoms. The van der Waals surface area contributed by atoms with Crippen LogP contribution in [0.2, 0.25) is 0 Å². The SMILES string of the molecule is CCOCC1CCCN(S(=O)(=O)c2ccc(C(C)C)cc2)C1. The maximum Gasteiger partial charge on any atom is 0.243 e. The fourth-order valence-electron chi connectivity index (χ4n) is 2.84. The maximum absolute atomic E-state index is 12.8. The van der Waals surface area contributed by atoms with Crippen molar-refractivity contribution in [2.75, 3.05) is 26.3 Å². The number of hydrogen-bond donors (Lipinski definition) is 0. The van der Waals surface area contributed by atoms with Crippen LogP contribution in [0.5, 0.6) is 0 Å². The third-order valence-electron chi connectivity index (χ3n) is 4.22. The minimum absolute atomic E-state index is 0.304. The van der Waals surface area contributed by atoms with E-state index in [1.165, 1.54) is 0 Å². The Labute approximate surface area is 134 Å². The number of piperidine rings is 1. The Hall–Kier alpha value is -0.910. The van der Waals surface area contributed by atoms with E-state index in [-0.39, 0.29) is 0 Å². The second kappa shape index (κ2) is 7.57. The average molecular weight is 325 g/mol. The van der Waals surface area contributed by atoms with Gasteiger partial charge in [-0.2, -0.15) is 4.31 Å². The number of nitrogens with zero attached hydrogens (tertiary/aromatic N) is 1. The fourth-order valence-corrected chi connectivity index (χ4v) is 4.39. The van der Waals surface area contributed by atoms with Crippen LogP contribution in [0.3, 0.4) is 0 Å². The quantitative estimate of drug-likeness (QED) is 0.806. The molecular formula is C17H27NO3S. The first-order chi connectivity index (χ1) is 10.4. The summed E-state index contributed by atoms with van der Waals surface area (Å²) in [4.78, 5) is 0.397. The molecule has 0 spiro atoms. The molecule has 0 saturated carbocycles. The van der Waals surface area contributed by atoms with Crippen molar-refractivity contribution >= 4 is 10.0 Å². The van der Waals surface area contributed by atoms with Gasteiger partial charge in [0, 0.05) is 19.7 Å². The summed E-state index contributed by atoms with van der Waals surface area (Å²) in [6.45, 7) is 8.67. The van der Waals surface area contributed by atoms with E-state index in [0.717, 1.165) is 18.4 Å². The van der Waals surface area contributed by atoms with Crippen molar-refractivity contribution in [2.24, 2.45) is 5.92 Å². The van der Waals surface area contributed by atoms with Crippen LogP contribution in [0, 0.1) is 5.92 Å². The largest absolute Gasteiger partial charge is 0.381 e. The van der Waals surface area contributed by atoms with Crippen LogP contribution >= 0.6 is 0 Å². The van der Waals surface area contributed by atoms with Gasteiger partial charge in [0.15, 0.2) is 0 Å². The van der Waals surface area contributed by atoms with Gasteiger partial charge in [-0.05, 0) is 49.3 Å². The summed E-state index contributed by atoms with van der Waals surface area (Å²) in [5.74, 6) is 0.709. The van der Waals surface area contributed by atoms with Crippen molar-refractivity contribution in [1.82, 2.24) is 4.31 Å². The highest BCUT2D eigenvalue weighted by Crippen LogP contribution is 2.25. The Balaban J connectivity index is 2.11. The third-order valence-corrected chi connectivity index (χ3v) is 6.10. The second-order valence-corrected chi connectivity index (χ2v) is 8.19. The molecular weight excluding hydrogens is 298 g/mol. The van der Waals surface area contributed by atoms with Gasteiger partial charge in [0.2, 0.25) is 10.0 Å². The van der Waals surface area contributed by atoms with Gasteiger partial charge in [0.25, 0.3) is 0 Å². The summed E-state index contributed by atoms with van der Waals surface area (Å²) in [6, 6.07) is 7.30. The Morgan fingerprint density at radius 1 is 1.27 bits per heavy atom. The van der Waals surface area contributed by atoms with Crippen LogP contribution in [-0.4, -0.2) is 39.0 Å². The van der Waals surface area contributed by atoms with Crippen molar-refractivity contribution in [3.8, 4) is 0 Å². The molecule has 0 aromatic heterocycles. The van der Waals surface area contributed by atoms with Gasteiger partial charge < -0.3 is 4.74 Å². The van der Waals surface area contributed by atoms with Gasteiger partial charge in [-0.3, -0.25) is 0 Å². The molecule has 2 rings (SSSR count). The van der Waals surface area contributed by atoms with Crippen molar-refractivity contribution < 1.29 is 13.2 Å². The van der Waals surface area contributed by atoms with Gasteiger partial charge in [-0.15, -0.1) is 0 Å². The van der Waals surface area contributed by atoms with Crippen molar-refractivity contribution in [2.45, 2.75) is 44.4 Å². The molecule has 1 fully saturated rings. The van der Waals surface area contributed by atoms with Crippen LogP contribution in [0.25, 0.3) is 0 Å². The molecule has 1 saturated heterocycles. The second-order valence-electron chi connectivity index (χ2n) is 6.25. The molecule has 0 bridgehead atoms. The molecule has 1 aliphatic rings. The zero-order chi connectivity index (χ0) is 16.2. The molecule has 0 N–H and O–H groups in total. The molecule has 1 aromatic carbocycles. The summed E-state index contributed by atoms with van der Waals surface area (Å²) in [6.07, 6.45) is 1.94. The van der Waals surface area contributed by atoms with E-state index in [9.17, 15) is 8.42 Å². The zero-order valence-electron chi connectivity index (χ0n) is 13.8. The minimum atomic E-state index is -3.38. The van der Waals surface area contributed by atoms with Crippen molar-refractivity contribution in [3.63, 3.8) is 0 Å². The van der Waals surface area contributed by atoms with E-state index in [0.29, 0.717) is 43.0 Å². The highest BCUT2D eigenvalue weighted by atomic mass is 32.2. The van der Waals surface area contributed by atoms with E-state index in [1.54, 1.807) is 16.4 Å². The molecule has 124 valence electrons. The molecule has 1 aliphatic heterocycles. The van der Waals surface area contributed by atoms with E-state index < -0.39 is 10.0 Å². The molecule has 1 atom stereocenters. The Kier molecular flexibility index (Phi) is 6.01. The zero-order valence-corrected chi connectivity index (χ0v) is 14.6. The molecule has 4 nitrogen and oxygen atoms in total. The van der Waals surface area contributed by atoms with Crippen molar-refractivity contribution in [3.05, 3.63) is 29.8 Å². The Morgan fingerprint density at radius 2 is 1.95 bits per heavy atom. The molecule has 0 amide bonds. The van der Waals surface area contributed by atoms with Gasteiger partial charge >= 0.3 is 0 Å². The molecule has 1 heterocycles. The first-order valence-electron chi connectivity index (χ1n) is 8.13. The van der Waals surface area contributed by atoms with E-state index in [2.05, 4.69) is 13.8 Å². The van der Waals surface area contributed by atoms with Crippen LogP contribution in [0.1, 0.15) is 45.1 Å².